The summed E-state index contributed by atoms with van der Waals surface area (Å²) in [5.41, 5.74) is -6.79. The third kappa shape index (κ3) is 3.16. The van der Waals surface area contributed by atoms with Crippen molar-refractivity contribution >= 4 is 11.6 Å². The van der Waals surface area contributed by atoms with Crippen LogP contribution in [0.5, 0.6) is 5.75 Å². The molecule has 130 valence electrons. The molecule has 1 rings (SSSR count). The molecule has 1 aromatic carbocycles. The molecule has 0 heterocycles. The van der Waals surface area contributed by atoms with E-state index in [4.69, 9.17) is 5.11 Å². The van der Waals surface area contributed by atoms with E-state index in [0.29, 0.717) is 12.1 Å². The highest BCUT2D eigenvalue weighted by Gasteiger charge is 2.75. The van der Waals surface area contributed by atoms with Crippen LogP contribution in [0.25, 0.3) is 0 Å². The molecule has 4 nitrogen and oxygen atoms in total. The standard InChI is InChI=1S/C11H7F8NO3/c1-23-7-5(3-2-4(12)6(7)13)20-8(21)9(22,10(14,15)16)11(17,18)19/h2-3,22H,1H3,(H,20,21). The molecule has 0 aliphatic rings. The molecule has 12 heteroatoms. The van der Waals surface area contributed by atoms with Gasteiger partial charge in [0, 0.05) is 0 Å². The number of hydrogen-bond acceptors (Lipinski definition) is 3. The average Bonchev–Trinajstić information content (AvgIpc) is 2.39. The lowest BCUT2D eigenvalue weighted by Crippen LogP contribution is -2.64. The van der Waals surface area contributed by atoms with Gasteiger partial charge in [-0.1, -0.05) is 0 Å². The zero-order chi connectivity index (χ0) is 18.2. The van der Waals surface area contributed by atoms with E-state index in [9.17, 15) is 39.9 Å². The summed E-state index contributed by atoms with van der Waals surface area (Å²) >= 11 is 0. The van der Waals surface area contributed by atoms with E-state index in [1.54, 1.807) is 0 Å². The van der Waals surface area contributed by atoms with E-state index >= 15 is 0 Å². The van der Waals surface area contributed by atoms with E-state index in [2.05, 4.69) is 4.74 Å². The van der Waals surface area contributed by atoms with Crippen molar-refractivity contribution in [1.82, 2.24) is 0 Å². The normalized spacial score (nSPS) is 13.0. The lowest BCUT2D eigenvalue weighted by molar-refractivity contribution is -0.348. The number of halogens is 8. The van der Waals surface area contributed by atoms with E-state index in [-0.39, 0.29) is 0 Å². The van der Waals surface area contributed by atoms with Crippen LogP contribution in [0, 0.1) is 11.6 Å². The maximum absolute atomic E-state index is 13.3. The molecule has 0 aliphatic heterocycles. The van der Waals surface area contributed by atoms with E-state index in [0.717, 1.165) is 12.4 Å². The molecule has 0 bridgehead atoms. The third-order valence-electron chi connectivity index (χ3n) is 2.65. The number of hydrogen-bond donors (Lipinski definition) is 2. The molecule has 0 radical (unpaired) electrons. The summed E-state index contributed by atoms with van der Waals surface area (Å²) in [6.07, 6.45) is -12.8. The Morgan fingerprint density at radius 1 is 1.09 bits per heavy atom. The number of ether oxygens (including phenoxy) is 1. The highest BCUT2D eigenvalue weighted by molar-refractivity contribution is 5.99. The van der Waals surface area contributed by atoms with Gasteiger partial charge in [0.05, 0.1) is 12.8 Å². The van der Waals surface area contributed by atoms with E-state index in [1.165, 1.54) is 0 Å². The first-order valence-electron chi connectivity index (χ1n) is 5.46. The Bertz CT molecular complexity index is 597. The second kappa shape index (κ2) is 5.83. The summed E-state index contributed by atoms with van der Waals surface area (Å²) < 4.78 is 105. The quantitative estimate of drug-likeness (QED) is 0.822. The van der Waals surface area contributed by atoms with Gasteiger partial charge in [-0.3, -0.25) is 4.79 Å². The number of carbonyl (C=O) groups excluding carboxylic acids is 1. The number of methoxy groups -OCH3 is 1. The predicted molar refractivity (Wildman–Crippen MR) is 58.6 cm³/mol. The summed E-state index contributed by atoms with van der Waals surface area (Å²) in [6.45, 7) is 0. The number of carbonyl (C=O) groups is 1. The highest BCUT2D eigenvalue weighted by atomic mass is 19.4. The monoisotopic (exact) mass is 353 g/mol. The number of amides is 1. The Labute approximate surface area is 122 Å². The average molecular weight is 353 g/mol. The summed E-state index contributed by atoms with van der Waals surface area (Å²) in [4.78, 5) is 11.3. The largest absolute Gasteiger partial charge is 0.491 e. The van der Waals surface area contributed by atoms with Gasteiger partial charge in [0.25, 0.3) is 5.91 Å². The van der Waals surface area contributed by atoms with Crippen LogP contribution >= 0.6 is 0 Å². The molecule has 0 fully saturated rings. The van der Waals surface area contributed by atoms with Gasteiger partial charge < -0.3 is 15.2 Å². The molecule has 23 heavy (non-hydrogen) atoms. The molecule has 1 amide bonds. The molecular weight excluding hydrogens is 346 g/mol. The Morgan fingerprint density at radius 2 is 1.57 bits per heavy atom. The van der Waals surface area contributed by atoms with Crippen LogP contribution in [0.15, 0.2) is 12.1 Å². The first-order valence-corrected chi connectivity index (χ1v) is 5.46. The van der Waals surface area contributed by atoms with Gasteiger partial charge in [-0.2, -0.15) is 30.7 Å². The highest BCUT2D eigenvalue weighted by Crippen LogP contribution is 2.44. The van der Waals surface area contributed by atoms with Crippen molar-refractivity contribution in [3.63, 3.8) is 0 Å². The van der Waals surface area contributed by atoms with Gasteiger partial charge >= 0.3 is 18.0 Å². The zero-order valence-corrected chi connectivity index (χ0v) is 10.9. The van der Waals surface area contributed by atoms with Crippen molar-refractivity contribution in [2.45, 2.75) is 18.0 Å². The van der Waals surface area contributed by atoms with Gasteiger partial charge in [-0.25, -0.2) is 4.39 Å². The second-order valence-electron chi connectivity index (χ2n) is 4.10. The molecular formula is C11H7F8NO3. The number of anilines is 1. The van der Waals surface area contributed by atoms with Gasteiger partial charge in [0.2, 0.25) is 5.82 Å². The Kier molecular flexibility index (Phi) is 4.80. The Hall–Kier alpha value is -2.11. The van der Waals surface area contributed by atoms with Gasteiger partial charge in [0.1, 0.15) is 0 Å². The Morgan fingerprint density at radius 3 is 1.96 bits per heavy atom. The topological polar surface area (TPSA) is 58.6 Å². The molecule has 1 aromatic rings. The van der Waals surface area contributed by atoms with Crippen molar-refractivity contribution in [3.05, 3.63) is 23.8 Å². The maximum atomic E-state index is 13.3. The van der Waals surface area contributed by atoms with Crippen LogP contribution < -0.4 is 10.1 Å². The van der Waals surface area contributed by atoms with E-state index < -0.39 is 46.9 Å². The lowest BCUT2D eigenvalue weighted by atomic mass is 10.0. The molecule has 0 aliphatic carbocycles. The van der Waals surface area contributed by atoms with E-state index in [1.807, 2.05) is 0 Å². The third-order valence-corrected chi connectivity index (χ3v) is 2.65. The van der Waals surface area contributed by atoms with Crippen molar-refractivity contribution in [3.8, 4) is 5.75 Å². The maximum Gasteiger partial charge on any atom is 0.435 e. The van der Waals surface area contributed by atoms with Gasteiger partial charge in [0.15, 0.2) is 11.6 Å². The second-order valence-corrected chi connectivity index (χ2v) is 4.10. The molecule has 0 aromatic heterocycles. The summed E-state index contributed by atoms with van der Waals surface area (Å²) in [5.74, 6) is -7.39. The fourth-order valence-corrected chi connectivity index (χ4v) is 1.46. The van der Waals surface area contributed by atoms with Crippen LogP contribution in [0.4, 0.5) is 40.8 Å². The van der Waals surface area contributed by atoms with Crippen LogP contribution in [-0.4, -0.2) is 36.1 Å². The number of benzene rings is 1. The van der Waals surface area contributed by atoms with Crippen LogP contribution in [0.3, 0.4) is 0 Å². The van der Waals surface area contributed by atoms with Gasteiger partial charge in [-0.15, -0.1) is 0 Å². The number of nitrogens with one attached hydrogen (secondary N) is 1. The molecule has 0 saturated heterocycles. The van der Waals surface area contributed by atoms with Crippen molar-refractivity contribution in [2.24, 2.45) is 0 Å². The number of aliphatic hydroxyl groups is 1. The molecule has 2 N–H and O–H groups in total. The zero-order valence-electron chi connectivity index (χ0n) is 10.9. The van der Waals surface area contributed by atoms with Crippen LogP contribution in [0.2, 0.25) is 0 Å². The fraction of sp³-hybridized carbons (Fsp3) is 0.364. The molecule has 0 atom stereocenters. The lowest BCUT2D eigenvalue weighted by Gasteiger charge is -2.30. The summed E-state index contributed by atoms with van der Waals surface area (Å²) in [7, 11) is 0.729. The molecule has 0 saturated carbocycles. The first-order chi connectivity index (χ1) is 10.3. The minimum atomic E-state index is -6.42. The van der Waals surface area contributed by atoms with Crippen molar-refractivity contribution < 1.29 is 49.8 Å². The van der Waals surface area contributed by atoms with Crippen LogP contribution in [0.1, 0.15) is 0 Å². The number of rotatable bonds is 3. The SMILES string of the molecule is COc1c(NC(=O)C(O)(C(F)(F)F)C(F)(F)F)ccc(F)c1F. The Balaban J connectivity index is 3.33. The number of alkyl halides is 6. The minimum Gasteiger partial charge on any atom is -0.491 e. The summed E-state index contributed by atoms with van der Waals surface area (Å²) in [5, 5.41) is 9.85. The van der Waals surface area contributed by atoms with Crippen molar-refractivity contribution in [1.29, 1.82) is 0 Å². The predicted octanol–water partition coefficient (Wildman–Crippen LogP) is 2.77. The summed E-state index contributed by atoms with van der Waals surface area (Å²) in [6, 6.07) is 0.788. The molecule has 0 unspecified atom stereocenters. The molecule has 0 spiro atoms. The van der Waals surface area contributed by atoms with Gasteiger partial charge in [-0.05, 0) is 12.1 Å². The van der Waals surface area contributed by atoms with Crippen LogP contribution in [-0.2, 0) is 4.79 Å². The fourth-order valence-electron chi connectivity index (χ4n) is 1.46. The minimum absolute atomic E-state index is 0.327. The van der Waals surface area contributed by atoms with Crippen molar-refractivity contribution in [2.75, 3.05) is 12.4 Å². The smallest absolute Gasteiger partial charge is 0.435 e. The first kappa shape index (κ1) is 18.9.